The Labute approximate surface area is 88.6 Å². The maximum absolute atomic E-state index is 12.3. The van der Waals surface area contributed by atoms with Crippen molar-refractivity contribution in [3.63, 3.8) is 0 Å². The van der Waals surface area contributed by atoms with Crippen molar-refractivity contribution in [2.24, 2.45) is 0 Å². The molecule has 1 aromatic carbocycles. The second-order valence-corrected chi connectivity index (χ2v) is 3.19. The Bertz CT molecular complexity index is 505. The standard InChI is InChI=1S/C10H7F3N2O/c11-10(12,13)8-5-14-9(15-8)6-2-1-3-7(16)4-6/h1-5,16H,(H,14,15). The molecular weight excluding hydrogens is 221 g/mol. The number of benzene rings is 1. The van der Waals surface area contributed by atoms with Crippen LogP contribution in [0.4, 0.5) is 13.2 Å². The molecule has 2 N–H and O–H groups in total. The third kappa shape index (κ3) is 2.00. The molecule has 0 bridgehead atoms. The van der Waals surface area contributed by atoms with Gasteiger partial charge >= 0.3 is 6.18 Å². The van der Waals surface area contributed by atoms with Crippen LogP contribution in [0, 0.1) is 0 Å². The van der Waals surface area contributed by atoms with Gasteiger partial charge in [-0.25, -0.2) is 4.98 Å². The van der Waals surface area contributed by atoms with Crippen molar-refractivity contribution in [2.75, 3.05) is 0 Å². The maximum Gasteiger partial charge on any atom is 0.432 e. The molecule has 0 aliphatic rings. The largest absolute Gasteiger partial charge is 0.508 e. The number of imidazole rings is 1. The quantitative estimate of drug-likeness (QED) is 0.788. The molecule has 0 amide bonds. The fourth-order valence-corrected chi connectivity index (χ4v) is 1.27. The average molecular weight is 228 g/mol. The van der Waals surface area contributed by atoms with Gasteiger partial charge in [0.25, 0.3) is 0 Å². The number of aromatic nitrogens is 2. The van der Waals surface area contributed by atoms with Crippen LogP contribution in [0.25, 0.3) is 11.4 Å². The van der Waals surface area contributed by atoms with E-state index in [0.717, 1.165) is 6.20 Å². The summed E-state index contributed by atoms with van der Waals surface area (Å²) in [5.41, 5.74) is -0.513. The number of H-pyrrole nitrogens is 1. The molecule has 0 unspecified atom stereocenters. The van der Waals surface area contributed by atoms with Gasteiger partial charge in [-0.2, -0.15) is 13.2 Å². The van der Waals surface area contributed by atoms with E-state index in [1.807, 2.05) is 0 Å². The molecule has 0 aliphatic carbocycles. The minimum absolute atomic E-state index is 0.0255. The first kappa shape index (κ1) is 10.5. The Morgan fingerprint density at radius 2 is 2.00 bits per heavy atom. The van der Waals surface area contributed by atoms with Crippen molar-refractivity contribution < 1.29 is 18.3 Å². The highest BCUT2D eigenvalue weighted by Gasteiger charge is 2.33. The van der Waals surface area contributed by atoms with E-state index >= 15 is 0 Å². The number of aromatic amines is 1. The van der Waals surface area contributed by atoms with E-state index in [1.165, 1.54) is 18.2 Å². The lowest BCUT2D eigenvalue weighted by atomic mass is 10.2. The molecule has 84 valence electrons. The molecule has 0 saturated heterocycles. The van der Waals surface area contributed by atoms with Gasteiger partial charge in [0.1, 0.15) is 17.3 Å². The molecule has 0 fully saturated rings. The maximum atomic E-state index is 12.3. The van der Waals surface area contributed by atoms with Gasteiger partial charge in [0.15, 0.2) is 0 Å². The van der Waals surface area contributed by atoms with Crippen molar-refractivity contribution in [3.8, 4) is 17.1 Å². The SMILES string of the molecule is Oc1cccc(-c2ncc(C(F)(F)F)[nH]2)c1. The van der Waals surface area contributed by atoms with Crippen LogP contribution in [0.5, 0.6) is 5.75 Å². The fourth-order valence-electron chi connectivity index (χ4n) is 1.27. The van der Waals surface area contributed by atoms with E-state index in [4.69, 9.17) is 0 Å². The zero-order valence-corrected chi connectivity index (χ0v) is 7.92. The topological polar surface area (TPSA) is 48.9 Å². The summed E-state index contributed by atoms with van der Waals surface area (Å²) in [6.07, 6.45) is -3.72. The van der Waals surface area contributed by atoms with Crippen LogP contribution < -0.4 is 0 Å². The zero-order chi connectivity index (χ0) is 11.8. The molecule has 16 heavy (non-hydrogen) atoms. The van der Waals surface area contributed by atoms with Crippen molar-refractivity contribution in [1.82, 2.24) is 9.97 Å². The van der Waals surface area contributed by atoms with E-state index < -0.39 is 11.9 Å². The van der Waals surface area contributed by atoms with Crippen LogP contribution in [-0.2, 0) is 6.18 Å². The first-order valence-corrected chi connectivity index (χ1v) is 4.38. The second-order valence-electron chi connectivity index (χ2n) is 3.19. The number of nitrogens with zero attached hydrogens (tertiary/aromatic N) is 1. The second kappa shape index (κ2) is 3.55. The van der Waals surface area contributed by atoms with Gasteiger partial charge in [0.2, 0.25) is 0 Å². The molecule has 1 aromatic heterocycles. The number of hydrogen-bond acceptors (Lipinski definition) is 2. The van der Waals surface area contributed by atoms with Gasteiger partial charge in [-0.1, -0.05) is 12.1 Å². The van der Waals surface area contributed by atoms with E-state index in [2.05, 4.69) is 9.97 Å². The first-order chi connectivity index (χ1) is 7.47. The molecule has 0 saturated carbocycles. The Morgan fingerprint density at radius 1 is 1.25 bits per heavy atom. The highest BCUT2D eigenvalue weighted by molar-refractivity contribution is 5.57. The molecule has 6 heteroatoms. The zero-order valence-electron chi connectivity index (χ0n) is 7.92. The lowest BCUT2D eigenvalue weighted by molar-refractivity contribution is -0.140. The lowest BCUT2D eigenvalue weighted by Crippen LogP contribution is -2.04. The van der Waals surface area contributed by atoms with Gasteiger partial charge in [0.05, 0.1) is 6.20 Å². The van der Waals surface area contributed by atoms with Gasteiger partial charge < -0.3 is 10.1 Å². The molecule has 2 rings (SSSR count). The van der Waals surface area contributed by atoms with Crippen LogP contribution in [0.1, 0.15) is 5.69 Å². The summed E-state index contributed by atoms with van der Waals surface area (Å²) in [4.78, 5) is 5.76. The summed E-state index contributed by atoms with van der Waals surface area (Å²) >= 11 is 0. The minimum Gasteiger partial charge on any atom is -0.508 e. The van der Waals surface area contributed by atoms with Gasteiger partial charge in [-0.3, -0.25) is 0 Å². The van der Waals surface area contributed by atoms with Crippen molar-refractivity contribution >= 4 is 0 Å². The minimum atomic E-state index is -4.44. The summed E-state index contributed by atoms with van der Waals surface area (Å²) in [5, 5.41) is 9.18. The highest BCUT2D eigenvalue weighted by atomic mass is 19.4. The Balaban J connectivity index is 2.39. The number of phenolic OH excluding ortho intramolecular Hbond substituents is 1. The molecule has 0 radical (unpaired) electrons. The molecule has 3 nitrogen and oxygen atoms in total. The highest BCUT2D eigenvalue weighted by Crippen LogP contribution is 2.29. The van der Waals surface area contributed by atoms with Crippen molar-refractivity contribution in [2.45, 2.75) is 6.18 Å². The predicted molar refractivity (Wildman–Crippen MR) is 50.7 cm³/mol. The summed E-state index contributed by atoms with van der Waals surface area (Å²) in [6.45, 7) is 0. The van der Waals surface area contributed by atoms with Crippen molar-refractivity contribution in [1.29, 1.82) is 0 Å². The number of aromatic hydroxyl groups is 1. The number of halogens is 3. The van der Waals surface area contributed by atoms with E-state index in [9.17, 15) is 18.3 Å². The smallest absolute Gasteiger partial charge is 0.432 e. The Hall–Kier alpha value is -1.98. The average Bonchev–Trinajstić information content (AvgIpc) is 2.65. The summed E-state index contributed by atoms with van der Waals surface area (Å²) in [5.74, 6) is 0.0469. The summed E-state index contributed by atoms with van der Waals surface area (Å²) in [7, 11) is 0. The number of alkyl halides is 3. The third-order valence-electron chi connectivity index (χ3n) is 2.00. The Morgan fingerprint density at radius 3 is 2.56 bits per heavy atom. The van der Waals surface area contributed by atoms with Gasteiger partial charge in [0, 0.05) is 5.56 Å². The van der Waals surface area contributed by atoms with Crippen LogP contribution in [0.2, 0.25) is 0 Å². The molecule has 0 spiro atoms. The monoisotopic (exact) mass is 228 g/mol. The van der Waals surface area contributed by atoms with Crippen LogP contribution in [0.3, 0.4) is 0 Å². The molecule has 2 aromatic rings. The normalized spacial score (nSPS) is 11.7. The molecule has 0 atom stereocenters. The van der Waals surface area contributed by atoms with Crippen LogP contribution in [-0.4, -0.2) is 15.1 Å². The molecule has 1 heterocycles. The first-order valence-electron chi connectivity index (χ1n) is 4.38. The van der Waals surface area contributed by atoms with Crippen LogP contribution in [0.15, 0.2) is 30.5 Å². The number of nitrogens with one attached hydrogen (secondary N) is 1. The van der Waals surface area contributed by atoms with Gasteiger partial charge in [-0.15, -0.1) is 0 Å². The van der Waals surface area contributed by atoms with Crippen LogP contribution >= 0.6 is 0 Å². The summed E-state index contributed by atoms with van der Waals surface area (Å²) < 4.78 is 36.8. The van der Waals surface area contributed by atoms with E-state index in [1.54, 1.807) is 6.07 Å². The number of phenols is 1. The lowest BCUT2D eigenvalue weighted by Gasteiger charge is -2.01. The predicted octanol–water partition coefficient (Wildman–Crippen LogP) is 2.80. The Kier molecular flexibility index (Phi) is 2.34. The van der Waals surface area contributed by atoms with Crippen molar-refractivity contribution in [3.05, 3.63) is 36.2 Å². The number of rotatable bonds is 1. The molecule has 0 aliphatic heterocycles. The summed E-state index contributed by atoms with van der Waals surface area (Å²) in [6, 6.07) is 5.84. The van der Waals surface area contributed by atoms with Gasteiger partial charge in [-0.05, 0) is 12.1 Å². The number of hydrogen-bond donors (Lipinski definition) is 2. The van der Waals surface area contributed by atoms with E-state index in [0.29, 0.717) is 5.56 Å². The van der Waals surface area contributed by atoms with E-state index in [-0.39, 0.29) is 11.6 Å². The molecular formula is C10H7F3N2O. The fraction of sp³-hybridized carbons (Fsp3) is 0.100. The third-order valence-corrected chi connectivity index (χ3v) is 2.00.